The molecule has 1 saturated heterocycles. The van der Waals surface area contributed by atoms with Crippen LogP contribution < -0.4 is 10.2 Å². The number of hydrogen-bond acceptors (Lipinski definition) is 3. The summed E-state index contributed by atoms with van der Waals surface area (Å²) in [5.74, 6) is -0.411. The Bertz CT molecular complexity index is 577. The molecule has 0 saturated carbocycles. The van der Waals surface area contributed by atoms with E-state index in [4.69, 9.17) is 4.74 Å². The van der Waals surface area contributed by atoms with Crippen LogP contribution in [0.1, 0.15) is 18.9 Å². The Morgan fingerprint density at radius 1 is 1.55 bits per heavy atom. The molecule has 1 aliphatic heterocycles. The molecular formula is C16H21BrN2O3. The first kappa shape index (κ1) is 17.0. The zero-order valence-corrected chi connectivity index (χ0v) is 14.6. The summed E-state index contributed by atoms with van der Waals surface area (Å²) in [6.07, 6.45) is 0.251. The topological polar surface area (TPSA) is 58.6 Å². The maximum atomic E-state index is 12.2. The van der Waals surface area contributed by atoms with Gasteiger partial charge in [-0.25, -0.2) is 0 Å². The molecular weight excluding hydrogens is 348 g/mol. The number of methoxy groups -OCH3 is 1. The number of carbonyl (C=O) groups is 2. The normalized spacial score (nSPS) is 19.4. The molecule has 1 aliphatic rings. The summed E-state index contributed by atoms with van der Waals surface area (Å²) in [4.78, 5) is 26.1. The number of halogens is 1. The van der Waals surface area contributed by atoms with Crippen LogP contribution in [-0.4, -0.2) is 38.1 Å². The third-order valence-electron chi connectivity index (χ3n) is 3.75. The van der Waals surface area contributed by atoms with Crippen molar-refractivity contribution < 1.29 is 14.3 Å². The largest absolute Gasteiger partial charge is 0.383 e. The second-order valence-electron chi connectivity index (χ2n) is 5.70. The SMILES string of the molecule is COCC(C)NC(=O)C1CC(=O)N(c2ccc(Br)c(C)c2)C1. The molecule has 2 rings (SSSR count). The molecule has 0 radical (unpaired) electrons. The van der Waals surface area contributed by atoms with Crippen LogP contribution in [0.5, 0.6) is 0 Å². The predicted molar refractivity (Wildman–Crippen MR) is 88.8 cm³/mol. The summed E-state index contributed by atoms with van der Waals surface area (Å²) in [5, 5.41) is 2.89. The quantitative estimate of drug-likeness (QED) is 0.866. The van der Waals surface area contributed by atoms with Gasteiger partial charge in [0, 0.05) is 36.3 Å². The Balaban J connectivity index is 2.04. The molecule has 1 N–H and O–H groups in total. The number of carbonyl (C=O) groups excluding carboxylic acids is 2. The summed E-state index contributed by atoms with van der Waals surface area (Å²) in [6.45, 7) is 4.74. The van der Waals surface area contributed by atoms with Gasteiger partial charge in [0.1, 0.15) is 0 Å². The number of anilines is 1. The highest BCUT2D eigenvalue weighted by Crippen LogP contribution is 2.28. The first-order valence-electron chi connectivity index (χ1n) is 7.28. The van der Waals surface area contributed by atoms with Crippen LogP contribution in [0.15, 0.2) is 22.7 Å². The molecule has 120 valence electrons. The first-order valence-corrected chi connectivity index (χ1v) is 8.07. The van der Waals surface area contributed by atoms with Gasteiger partial charge in [0.05, 0.1) is 12.5 Å². The number of rotatable bonds is 5. The zero-order chi connectivity index (χ0) is 16.3. The van der Waals surface area contributed by atoms with E-state index in [-0.39, 0.29) is 30.2 Å². The minimum atomic E-state index is -0.309. The fourth-order valence-corrected chi connectivity index (χ4v) is 2.83. The van der Waals surface area contributed by atoms with Crippen LogP contribution in [0, 0.1) is 12.8 Å². The molecule has 0 spiro atoms. The van der Waals surface area contributed by atoms with Crippen LogP contribution in [0.3, 0.4) is 0 Å². The van der Waals surface area contributed by atoms with E-state index >= 15 is 0 Å². The molecule has 2 amide bonds. The summed E-state index contributed by atoms with van der Waals surface area (Å²) in [7, 11) is 1.60. The molecule has 0 aromatic heterocycles. The van der Waals surface area contributed by atoms with Crippen molar-refractivity contribution in [3.8, 4) is 0 Å². The van der Waals surface area contributed by atoms with Crippen LogP contribution in [0.25, 0.3) is 0 Å². The van der Waals surface area contributed by atoms with Crippen molar-refractivity contribution in [3.63, 3.8) is 0 Å². The van der Waals surface area contributed by atoms with Crippen molar-refractivity contribution in [1.82, 2.24) is 5.32 Å². The molecule has 22 heavy (non-hydrogen) atoms. The van der Waals surface area contributed by atoms with Gasteiger partial charge in [-0.3, -0.25) is 9.59 Å². The van der Waals surface area contributed by atoms with Crippen LogP contribution >= 0.6 is 15.9 Å². The van der Waals surface area contributed by atoms with Crippen molar-refractivity contribution >= 4 is 33.4 Å². The molecule has 0 aliphatic carbocycles. The van der Waals surface area contributed by atoms with Gasteiger partial charge >= 0.3 is 0 Å². The third-order valence-corrected chi connectivity index (χ3v) is 4.64. The molecule has 2 unspecified atom stereocenters. The van der Waals surface area contributed by atoms with Gasteiger partial charge in [-0.15, -0.1) is 0 Å². The van der Waals surface area contributed by atoms with Crippen molar-refractivity contribution in [1.29, 1.82) is 0 Å². The monoisotopic (exact) mass is 368 g/mol. The molecule has 1 fully saturated rings. The van der Waals surface area contributed by atoms with Gasteiger partial charge in [-0.05, 0) is 37.6 Å². The summed E-state index contributed by atoms with van der Waals surface area (Å²) in [6, 6.07) is 5.71. The standard InChI is InChI=1S/C16H21BrN2O3/c1-10-6-13(4-5-14(10)17)19-8-12(7-15(19)20)16(21)18-11(2)9-22-3/h4-6,11-12H,7-9H2,1-3H3,(H,18,21). The first-order chi connectivity index (χ1) is 10.4. The number of hydrogen-bond donors (Lipinski definition) is 1. The van der Waals surface area contributed by atoms with E-state index in [2.05, 4.69) is 21.2 Å². The minimum absolute atomic E-state index is 0.0127. The number of nitrogens with zero attached hydrogens (tertiary/aromatic N) is 1. The zero-order valence-electron chi connectivity index (χ0n) is 13.1. The molecule has 6 heteroatoms. The van der Waals surface area contributed by atoms with Gasteiger partial charge < -0.3 is 15.0 Å². The van der Waals surface area contributed by atoms with E-state index in [1.807, 2.05) is 32.0 Å². The second-order valence-corrected chi connectivity index (χ2v) is 6.56. The average molecular weight is 369 g/mol. The Hall–Kier alpha value is -1.40. The Morgan fingerprint density at radius 2 is 2.27 bits per heavy atom. The van der Waals surface area contributed by atoms with E-state index in [9.17, 15) is 9.59 Å². The third kappa shape index (κ3) is 3.87. The maximum absolute atomic E-state index is 12.2. The Labute approximate surface area is 139 Å². The lowest BCUT2D eigenvalue weighted by atomic mass is 10.1. The molecule has 5 nitrogen and oxygen atoms in total. The lowest BCUT2D eigenvalue weighted by Gasteiger charge is -2.19. The van der Waals surface area contributed by atoms with Crippen LogP contribution in [-0.2, 0) is 14.3 Å². The number of amides is 2. The summed E-state index contributed by atoms with van der Waals surface area (Å²) < 4.78 is 6.01. The van der Waals surface area contributed by atoms with Gasteiger partial charge in [0.2, 0.25) is 11.8 Å². The van der Waals surface area contributed by atoms with Crippen molar-refractivity contribution in [2.45, 2.75) is 26.3 Å². The Kier molecular flexibility index (Phi) is 5.58. The fraction of sp³-hybridized carbons (Fsp3) is 0.500. The van der Waals surface area contributed by atoms with Crippen molar-refractivity contribution in [2.24, 2.45) is 5.92 Å². The lowest BCUT2D eigenvalue weighted by Crippen LogP contribution is -2.40. The van der Waals surface area contributed by atoms with Crippen LogP contribution in [0.4, 0.5) is 5.69 Å². The highest BCUT2D eigenvalue weighted by atomic mass is 79.9. The van der Waals surface area contributed by atoms with Crippen molar-refractivity contribution in [2.75, 3.05) is 25.2 Å². The number of nitrogens with one attached hydrogen (secondary N) is 1. The lowest BCUT2D eigenvalue weighted by molar-refractivity contribution is -0.127. The molecule has 0 bridgehead atoms. The number of aryl methyl sites for hydroxylation is 1. The summed E-state index contributed by atoms with van der Waals surface area (Å²) in [5.41, 5.74) is 1.90. The second kappa shape index (κ2) is 7.24. The molecule has 2 atom stereocenters. The number of ether oxygens (including phenoxy) is 1. The van der Waals surface area contributed by atoms with E-state index in [1.54, 1.807) is 12.0 Å². The van der Waals surface area contributed by atoms with Gasteiger partial charge in [-0.1, -0.05) is 15.9 Å². The molecule has 1 aromatic rings. The van der Waals surface area contributed by atoms with Gasteiger partial charge in [-0.2, -0.15) is 0 Å². The molecule has 1 heterocycles. The fourth-order valence-electron chi connectivity index (χ4n) is 2.58. The Morgan fingerprint density at radius 3 is 2.91 bits per heavy atom. The van der Waals surface area contributed by atoms with Gasteiger partial charge in [0.25, 0.3) is 0 Å². The van der Waals surface area contributed by atoms with Crippen molar-refractivity contribution in [3.05, 3.63) is 28.2 Å². The smallest absolute Gasteiger partial charge is 0.227 e. The summed E-state index contributed by atoms with van der Waals surface area (Å²) >= 11 is 3.45. The number of benzene rings is 1. The van der Waals surface area contributed by atoms with E-state index < -0.39 is 0 Å². The maximum Gasteiger partial charge on any atom is 0.227 e. The average Bonchev–Trinajstić information content (AvgIpc) is 2.84. The highest BCUT2D eigenvalue weighted by molar-refractivity contribution is 9.10. The van der Waals surface area contributed by atoms with Crippen LogP contribution in [0.2, 0.25) is 0 Å². The van der Waals surface area contributed by atoms with Gasteiger partial charge in [0.15, 0.2) is 0 Å². The minimum Gasteiger partial charge on any atom is -0.383 e. The molecule has 1 aromatic carbocycles. The van der Waals surface area contributed by atoms with E-state index in [1.165, 1.54) is 0 Å². The predicted octanol–water partition coefficient (Wildman–Crippen LogP) is 2.26. The highest BCUT2D eigenvalue weighted by Gasteiger charge is 2.35. The van der Waals surface area contributed by atoms with E-state index in [0.29, 0.717) is 13.2 Å². The van der Waals surface area contributed by atoms with E-state index in [0.717, 1.165) is 15.7 Å².